The van der Waals surface area contributed by atoms with Gasteiger partial charge in [0, 0.05) is 18.2 Å². The summed E-state index contributed by atoms with van der Waals surface area (Å²) < 4.78 is 16.7. The normalized spacial score (nSPS) is 19.1. The van der Waals surface area contributed by atoms with Crippen molar-refractivity contribution in [3.8, 4) is 22.8 Å². The van der Waals surface area contributed by atoms with E-state index in [4.69, 9.17) is 19.7 Å². The van der Waals surface area contributed by atoms with Gasteiger partial charge in [-0.2, -0.15) is 0 Å². The van der Waals surface area contributed by atoms with Crippen LogP contribution in [0.15, 0.2) is 28.8 Å². The lowest BCUT2D eigenvalue weighted by molar-refractivity contribution is 0.102. The van der Waals surface area contributed by atoms with E-state index in [1.165, 1.54) is 0 Å². The van der Waals surface area contributed by atoms with Crippen molar-refractivity contribution >= 4 is 5.88 Å². The van der Waals surface area contributed by atoms with E-state index in [0.717, 1.165) is 31.5 Å². The molecular formula is C16H21N3O3. The van der Waals surface area contributed by atoms with Gasteiger partial charge < -0.3 is 24.6 Å². The number of anilines is 1. The van der Waals surface area contributed by atoms with Crippen molar-refractivity contribution in [2.24, 2.45) is 0 Å². The number of methoxy groups -OCH3 is 1. The molecule has 1 fully saturated rings. The number of hydrogen-bond donors (Lipinski definition) is 1. The number of ether oxygens (including phenoxy) is 2. The van der Waals surface area contributed by atoms with Crippen LogP contribution in [-0.4, -0.2) is 43.4 Å². The van der Waals surface area contributed by atoms with Crippen molar-refractivity contribution < 1.29 is 14.0 Å². The summed E-state index contributed by atoms with van der Waals surface area (Å²) in [7, 11) is 3.74. The van der Waals surface area contributed by atoms with E-state index in [2.05, 4.69) is 17.1 Å². The Kier molecular flexibility index (Phi) is 4.20. The monoisotopic (exact) mass is 303 g/mol. The quantitative estimate of drug-likeness (QED) is 0.935. The number of nitrogens with two attached hydrogens (primary N) is 1. The van der Waals surface area contributed by atoms with E-state index < -0.39 is 0 Å². The maximum atomic E-state index is 6.25. The average Bonchev–Trinajstić information content (AvgIpc) is 2.94. The number of rotatable bonds is 4. The summed E-state index contributed by atoms with van der Waals surface area (Å²) in [5, 5.41) is 3.98. The van der Waals surface area contributed by atoms with E-state index in [0.29, 0.717) is 17.2 Å². The van der Waals surface area contributed by atoms with Crippen molar-refractivity contribution in [2.75, 3.05) is 33.0 Å². The molecule has 1 aromatic heterocycles. The van der Waals surface area contributed by atoms with Gasteiger partial charge in [-0.05, 0) is 38.6 Å². The summed E-state index contributed by atoms with van der Waals surface area (Å²) in [6.07, 6.45) is 2.30. The first-order chi connectivity index (χ1) is 10.7. The van der Waals surface area contributed by atoms with Gasteiger partial charge in [0.1, 0.15) is 11.8 Å². The van der Waals surface area contributed by atoms with Crippen LogP contribution in [0.2, 0.25) is 0 Å². The minimum Gasteiger partial charge on any atom is -0.493 e. The molecule has 1 atom stereocenters. The fourth-order valence-electron chi connectivity index (χ4n) is 2.80. The molecule has 0 radical (unpaired) electrons. The van der Waals surface area contributed by atoms with Gasteiger partial charge in [-0.25, -0.2) is 0 Å². The lowest BCUT2D eigenvalue weighted by Crippen LogP contribution is -2.38. The second-order valence-electron chi connectivity index (χ2n) is 5.60. The first-order valence-corrected chi connectivity index (χ1v) is 7.42. The zero-order valence-corrected chi connectivity index (χ0v) is 12.9. The Hall–Kier alpha value is -2.21. The number of nitrogen functional groups attached to an aromatic ring is 1. The molecule has 1 aliphatic rings. The highest BCUT2D eigenvalue weighted by Crippen LogP contribution is 2.39. The van der Waals surface area contributed by atoms with Crippen LogP contribution >= 0.6 is 0 Å². The molecule has 1 aromatic carbocycles. The Morgan fingerprint density at radius 1 is 1.41 bits per heavy atom. The Morgan fingerprint density at radius 2 is 2.27 bits per heavy atom. The third-order valence-corrected chi connectivity index (χ3v) is 3.87. The lowest BCUT2D eigenvalue weighted by atomic mass is 10.1. The maximum Gasteiger partial charge on any atom is 0.222 e. The molecular weight excluding hydrogens is 282 g/mol. The summed E-state index contributed by atoms with van der Waals surface area (Å²) in [5.74, 6) is 1.66. The predicted octanol–water partition coefficient (Wildman–Crippen LogP) is 2.41. The number of para-hydroxylation sites is 1. The van der Waals surface area contributed by atoms with Gasteiger partial charge in [0.05, 0.1) is 7.11 Å². The minimum atomic E-state index is 0.137. The number of nitrogens with zero attached hydrogens (tertiary/aromatic N) is 2. The summed E-state index contributed by atoms with van der Waals surface area (Å²) in [6, 6.07) is 7.41. The topological polar surface area (TPSA) is 73.8 Å². The van der Waals surface area contributed by atoms with Crippen LogP contribution in [0, 0.1) is 0 Å². The zero-order valence-electron chi connectivity index (χ0n) is 12.9. The van der Waals surface area contributed by atoms with Crippen molar-refractivity contribution in [1.29, 1.82) is 0 Å². The molecule has 0 spiro atoms. The van der Waals surface area contributed by atoms with Crippen LogP contribution in [0.5, 0.6) is 11.5 Å². The molecule has 3 rings (SSSR count). The Morgan fingerprint density at radius 3 is 2.95 bits per heavy atom. The highest BCUT2D eigenvalue weighted by Gasteiger charge is 2.23. The number of likely N-dealkylation sites (tertiary alicyclic amines) is 1. The van der Waals surface area contributed by atoms with E-state index in [9.17, 15) is 0 Å². The summed E-state index contributed by atoms with van der Waals surface area (Å²) in [4.78, 5) is 2.28. The molecule has 118 valence electrons. The highest BCUT2D eigenvalue weighted by atomic mass is 16.5. The van der Waals surface area contributed by atoms with Gasteiger partial charge in [-0.3, -0.25) is 0 Å². The van der Waals surface area contributed by atoms with Crippen LogP contribution < -0.4 is 15.2 Å². The summed E-state index contributed by atoms with van der Waals surface area (Å²) in [6.45, 7) is 2.01. The van der Waals surface area contributed by atoms with E-state index >= 15 is 0 Å². The summed E-state index contributed by atoms with van der Waals surface area (Å²) in [5.41, 5.74) is 7.11. The van der Waals surface area contributed by atoms with E-state index in [1.54, 1.807) is 13.2 Å². The maximum absolute atomic E-state index is 6.25. The number of hydrogen-bond acceptors (Lipinski definition) is 6. The van der Waals surface area contributed by atoms with Crippen molar-refractivity contribution in [3.63, 3.8) is 0 Å². The number of piperidine rings is 1. The van der Waals surface area contributed by atoms with Gasteiger partial charge in [0.25, 0.3) is 0 Å². The molecule has 22 heavy (non-hydrogen) atoms. The van der Waals surface area contributed by atoms with Gasteiger partial charge in [0.15, 0.2) is 11.5 Å². The van der Waals surface area contributed by atoms with Gasteiger partial charge in [-0.15, -0.1) is 0 Å². The standard InChI is InChI=1S/C16H21N3O3/c1-19-8-4-5-11(10-19)21-16-12(6-3-7-14(16)20-2)13-9-15(17)22-18-13/h3,6-7,9,11H,4-5,8,10,17H2,1-2H3. The lowest BCUT2D eigenvalue weighted by Gasteiger charge is -2.30. The predicted molar refractivity (Wildman–Crippen MR) is 84.1 cm³/mol. The second-order valence-corrected chi connectivity index (χ2v) is 5.60. The highest BCUT2D eigenvalue weighted by molar-refractivity contribution is 5.72. The third kappa shape index (κ3) is 3.01. The molecule has 2 aromatic rings. The molecule has 0 bridgehead atoms. The first-order valence-electron chi connectivity index (χ1n) is 7.42. The van der Waals surface area contributed by atoms with Crippen LogP contribution in [0.4, 0.5) is 5.88 Å². The van der Waals surface area contributed by atoms with E-state index in [-0.39, 0.29) is 12.0 Å². The van der Waals surface area contributed by atoms with Gasteiger partial charge in [0.2, 0.25) is 5.88 Å². The molecule has 1 aliphatic heterocycles. The Bertz CT molecular complexity index is 641. The first kappa shape index (κ1) is 14.7. The average molecular weight is 303 g/mol. The summed E-state index contributed by atoms with van der Waals surface area (Å²) >= 11 is 0. The van der Waals surface area contributed by atoms with Crippen molar-refractivity contribution in [3.05, 3.63) is 24.3 Å². The Labute approximate surface area is 129 Å². The molecule has 6 heteroatoms. The van der Waals surface area contributed by atoms with E-state index in [1.807, 2.05) is 18.2 Å². The van der Waals surface area contributed by atoms with Crippen LogP contribution in [-0.2, 0) is 0 Å². The minimum absolute atomic E-state index is 0.137. The van der Waals surface area contributed by atoms with Gasteiger partial charge in [-0.1, -0.05) is 11.2 Å². The molecule has 1 saturated heterocycles. The fraction of sp³-hybridized carbons (Fsp3) is 0.438. The zero-order chi connectivity index (χ0) is 15.5. The molecule has 6 nitrogen and oxygen atoms in total. The van der Waals surface area contributed by atoms with Crippen LogP contribution in [0.25, 0.3) is 11.3 Å². The van der Waals surface area contributed by atoms with Crippen molar-refractivity contribution in [2.45, 2.75) is 18.9 Å². The third-order valence-electron chi connectivity index (χ3n) is 3.87. The fourth-order valence-corrected chi connectivity index (χ4v) is 2.80. The molecule has 0 amide bonds. The number of likely N-dealkylation sites (N-methyl/N-ethyl adjacent to an activating group) is 1. The SMILES string of the molecule is COc1cccc(-c2cc(N)on2)c1OC1CCCN(C)C1. The van der Waals surface area contributed by atoms with Crippen LogP contribution in [0.3, 0.4) is 0 Å². The molecule has 2 heterocycles. The Balaban J connectivity index is 1.93. The van der Waals surface area contributed by atoms with Crippen molar-refractivity contribution in [1.82, 2.24) is 10.1 Å². The second kappa shape index (κ2) is 6.27. The van der Waals surface area contributed by atoms with Crippen LogP contribution in [0.1, 0.15) is 12.8 Å². The molecule has 0 saturated carbocycles. The molecule has 0 aliphatic carbocycles. The van der Waals surface area contributed by atoms with Gasteiger partial charge >= 0.3 is 0 Å². The smallest absolute Gasteiger partial charge is 0.222 e. The number of aromatic nitrogens is 1. The molecule has 1 unspecified atom stereocenters. The molecule has 2 N–H and O–H groups in total. The number of benzene rings is 1. The largest absolute Gasteiger partial charge is 0.493 e.